The smallest absolute Gasteiger partial charge is 0.245 e. The third-order valence-corrected chi connectivity index (χ3v) is 4.19. The van der Waals surface area contributed by atoms with Gasteiger partial charge in [0.25, 0.3) is 0 Å². The highest BCUT2D eigenvalue weighted by Gasteiger charge is 2.34. The van der Waals surface area contributed by atoms with Gasteiger partial charge in [0, 0.05) is 13.1 Å². The molecule has 1 N–H and O–H groups in total. The van der Waals surface area contributed by atoms with Crippen molar-refractivity contribution in [2.75, 3.05) is 33.2 Å². The van der Waals surface area contributed by atoms with Crippen molar-refractivity contribution >= 4 is 11.8 Å². The van der Waals surface area contributed by atoms with Crippen molar-refractivity contribution in [3.63, 3.8) is 0 Å². The fraction of sp³-hybridized carbons (Fsp3) is 0.867. The van der Waals surface area contributed by atoms with Crippen LogP contribution in [0.15, 0.2) is 0 Å². The fourth-order valence-corrected chi connectivity index (χ4v) is 3.29. The van der Waals surface area contributed by atoms with E-state index in [0.29, 0.717) is 11.8 Å². The molecule has 2 aliphatic rings. The lowest BCUT2D eigenvalue weighted by Crippen LogP contribution is -2.59. The summed E-state index contributed by atoms with van der Waals surface area (Å²) >= 11 is 0. The molecule has 2 heterocycles. The standard InChI is InChI=1S/C15H27N3O2/c1-11(2)7-13-15(20)18(10-14(19)16-13)9-12-5-4-6-17(3)8-12/h11-13H,4-10H2,1-3H3,(H,16,19). The third kappa shape index (κ3) is 3.95. The van der Waals surface area contributed by atoms with E-state index in [1.807, 2.05) is 0 Å². The number of rotatable bonds is 4. The van der Waals surface area contributed by atoms with Crippen LogP contribution in [0.2, 0.25) is 0 Å². The highest BCUT2D eigenvalue weighted by atomic mass is 16.2. The van der Waals surface area contributed by atoms with Crippen LogP contribution in [0.1, 0.15) is 33.1 Å². The van der Waals surface area contributed by atoms with Crippen molar-refractivity contribution in [3.05, 3.63) is 0 Å². The molecule has 2 amide bonds. The molecule has 2 unspecified atom stereocenters. The van der Waals surface area contributed by atoms with Gasteiger partial charge < -0.3 is 15.1 Å². The topological polar surface area (TPSA) is 52.7 Å². The molecule has 2 aliphatic heterocycles. The van der Waals surface area contributed by atoms with E-state index in [0.717, 1.165) is 32.5 Å². The number of piperazine rings is 1. The summed E-state index contributed by atoms with van der Waals surface area (Å²) in [4.78, 5) is 28.3. The molecule has 20 heavy (non-hydrogen) atoms. The average molecular weight is 281 g/mol. The Bertz CT molecular complexity index is 370. The quantitative estimate of drug-likeness (QED) is 0.825. The van der Waals surface area contributed by atoms with Gasteiger partial charge in [0.2, 0.25) is 11.8 Å². The van der Waals surface area contributed by atoms with Gasteiger partial charge >= 0.3 is 0 Å². The van der Waals surface area contributed by atoms with Crippen LogP contribution in [0.3, 0.4) is 0 Å². The van der Waals surface area contributed by atoms with Crippen LogP contribution in [0.5, 0.6) is 0 Å². The van der Waals surface area contributed by atoms with Gasteiger partial charge in [-0.15, -0.1) is 0 Å². The van der Waals surface area contributed by atoms with Gasteiger partial charge in [0.15, 0.2) is 0 Å². The lowest BCUT2D eigenvalue weighted by molar-refractivity contribution is -0.145. The molecular formula is C15H27N3O2. The SMILES string of the molecule is CC(C)CC1NC(=O)CN(CC2CCCN(C)C2)C1=O. The minimum atomic E-state index is -0.322. The zero-order chi connectivity index (χ0) is 14.7. The van der Waals surface area contributed by atoms with Crippen LogP contribution in [0.25, 0.3) is 0 Å². The Morgan fingerprint density at radius 1 is 1.35 bits per heavy atom. The Kier molecular flexibility index (Phi) is 5.02. The largest absolute Gasteiger partial charge is 0.343 e. The normalized spacial score (nSPS) is 28.9. The van der Waals surface area contributed by atoms with Crippen LogP contribution >= 0.6 is 0 Å². The lowest BCUT2D eigenvalue weighted by Gasteiger charge is -2.37. The van der Waals surface area contributed by atoms with Crippen molar-refractivity contribution < 1.29 is 9.59 Å². The minimum absolute atomic E-state index is 0.0144. The Hall–Kier alpha value is -1.10. The summed E-state index contributed by atoms with van der Waals surface area (Å²) in [5.41, 5.74) is 0. The second-order valence-corrected chi connectivity index (χ2v) is 6.74. The molecule has 114 valence electrons. The molecule has 5 nitrogen and oxygen atoms in total. The van der Waals surface area contributed by atoms with E-state index >= 15 is 0 Å². The zero-order valence-electron chi connectivity index (χ0n) is 12.9. The maximum absolute atomic E-state index is 12.5. The van der Waals surface area contributed by atoms with Crippen molar-refractivity contribution in [1.29, 1.82) is 0 Å². The summed E-state index contributed by atoms with van der Waals surface area (Å²) in [6.45, 7) is 7.28. The zero-order valence-corrected chi connectivity index (χ0v) is 12.9. The van der Waals surface area contributed by atoms with Gasteiger partial charge in [0.05, 0.1) is 6.54 Å². The number of likely N-dealkylation sites (tertiary alicyclic amines) is 1. The maximum atomic E-state index is 12.5. The number of piperidine rings is 1. The monoisotopic (exact) mass is 281 g/mol. The highest BCUT2D eigenvalue weighted by Crippen LogP contribution is 2.19. The number of carbonyl (C=O) groups excluding carboxylic acids is 2. The molecule has 0 radical (unpaired) electrons. The second-order valence-electron chi connectivity index (χ2n) is 6.74. The molecule has 2 rings (SSSR count). The van der Waals surface area contributed by atoms with Gasteiger partial charge in [-0.1, -0.05) is 13.8 Å². The van der Waals surface area contributed by atoms with Crippen molar-refractivity contribution in [3.8, 4) is 0 Å². The average Bonchev–Trinajstić information content (AvgIpc) is 2.34. The van der Waals surface area contributed by atoms with Gasteiger partial charge in [-0.2, -0.15) is 0 Å². The second kappa shape index (κ2) is 6.57. The molecule has 0 spiro atoms. The van der Waals surface area contributed by atoms with Gasteiger partial charge in [-0.25, -0.2) is 0 Å². The lowest BCUT2D eigenvalue weighted by atomic mass is 9.96. The third-order valence-electron chi connectivity index (χ3n) is 4.19. The van der Waals surface area contributed by atoms with Crippen molar-refractivity contribution in [2.24, 2.45) is 11.8 Å². The first-order chi connectivity index (χ1) is 9.45. The predicted molar refractivity (Wildman–Crippen MR) is 78.2 cm³/mol. The van der Waals surface area contributed by atoms with Gasteiger partial charge in [-0.3, -0.25) is 9.59 Å². The number of carbonyl (C=O) groups is 2. The van der Waals surface area contributed by atoms with E-state index in [1.54, 1.807) is 4.90 Å². The molecule has 2 atom stereocenters. The summed E-state index contributed by atoms with van der Waals surface area (Å²) in [6, 6.07) is -0.322. The fourth-order valence-electron chi connectivity index (χ4n) is 3.29. The predicted octanol–water partition coefficient (Wildman–Crippen LogP) is 0.701. The highest BCUT2D eigenvalue weighted by molar-refractivity contribution is 5.94. The van der Waals surface area contributed by atoms with Gasteiger partial charge in [0.1, 0.15) is 6.04 Å². The molecule has 0 aromatic carbocycles. The number of hydrogen-bond acceptors (Lipinski definition) is 3. The number of amides is 2. The first kappa shape index (κ1) is 15.3. The molecule has 0 aromatic heterocycles. The number of nitrogens with one attached hydrogen (secondary N) is 1. The first-order valence-corrected chi connectivity index (χ1v) is 7.72. The Balaban J connectivity index is 1.95. The molecule has 0 saturated carbocycles. The summed E-state index contributed by atoms with van der Waals surface area (Å²) in [5.74, 6) is 0.999. The van der Waals surface area contributed by atoms with E-state index in [9.17, 15) is 9.59 Å². The molecular weight excluding hydrogens is 254 g/mol. The van der Waals surface area contributed by atoms with Crippen LogP contribution in [-0.4, -0.2) is 60.9 Å². The van der Waals surface area contributed by atoms with Crippen LogP contribution in [0.4, 0.5) is 0 Å². The van der Waals surface area contributed by atoms with Crippen molar-refractivity contribution in [2.45, 2.75) is 39.2 Å². The molecule has 0 bridgehead atoms. The molecule has 2 saturated heterocycles. The van der Waals surface area contributed by atoms with E-state index in [4.69, 9.17) is 0 Å². The van der Waals surface area contributed by atoms with E-state index in [-0.39, 0.29) is 24.4 Å². The Morgan fingerprint density at radius 3 is 2.75 bits per heavy atom. The summed E-state index contributed by atoms with van der Waals surface area (Å²) in [5, 5.41) is 2.83. The van der Waals surface area contributed by atoms with Crippen LogP contribution < -0.4 is 5.32 Å². The summed E-state index contributed by atoms with van der Waals surface area (Å²) in [7, 11) is 2.12. The van der Waals surface area contributed by atoms with Crippen molar-refractivity contribution in [1.82, 2.24) is 15.1 Å². The van der Waals surface area contributed by atoms with E-state index in [2.05, 4.69) is 31.1 Å². The van der Waals surface area contributed by atoms with Crippen LogP contribution in [-0.2, 0) is 9.59 Å². The Labute approximate surface area is 121 Å². The number of hydrogen-bond donors (Lipinski definition) is 1. The van der Waals surface area contributed by atoms with E-state index in [1.165, 1.54) is 6.42 Å². The minimum Gasteiger partial charge on any atom is -0.343 e. The Morgan fingerprint density at radius 2 is 2.10 bits per heavy atom. The molecule has 0 aromatic rings. The molecule has 0 aliphatic carbocycles. The molecule has 5 heteroatoms. The van der Waals surface area contributed by atoms with Gasteiger partial charge in [-0.05, 0) is 44.7 Å². The number of nitrogens with zero attached hydrogens (tertiary/aromatic N) is 2. The van der Waals surface area contributed by atoms with E-state index < -0.39 is 0 Å². The molecule has 2 fully saturated rings. The summed E-state index contributed by atoms with van der Waals surface area (Å²) in [6.07, 6.45) is 3.07. The maximum Gasteiger partial charge on any atom is 0.245 e. The summed E-state index contributed by atoms with van der Waals surface area (Å²) < 4.78 is 0. The van der Waals surface area contributed by atoms with Crippen LogP contribution in [0, 0.1) is 11.8 Å². The first-order valence-electron chi connectivity index (χ1n) is 7.72.